The molecule has 0 fully saturated rings. The molecule has 0 aromatic heterocycles. The summed E-state index contributed by atoms with van der Waals surface area (Å²) < 4.78 is 0. The molecule has 0 saturated carbocycles. The third-order valence-corrected chi connectivity index (χ3v) is 0.289. The average Bonchev–Trinajstić information content (AvgIpc) is 1.35. The van der Waals surface area contributed by atoms with E-state index in [-0.39, 0.29) is 0 Å². The molecule has 0 radical (unpaired) electrons. The van der Waals surface area contributed by atoms with Gasteiger partial charge in [-0.2, -0.15) is 5.26 Å². The van der Waals surface area contributed by atoms with Gasteiger partial charge in [-0.05, 0) is 6.92 Å². The molecule has 1 N–H and O–H groups in total. The number of rotatable bonds is 0. The van der Waals surface area contributed by atoms with E-state index in [1.165, 1.54) is 13.0 Å². The second-order valence-corrected chi connectivity index (χ2v) is 1.80. The molecule has 0 aliphatic rings. The maximum atomic E-state index is 8.23. The minimum atomic E-state index is -1.68. The van der Waals surface area contributed by atoms with E-state index in [2.05, 4.69) is 0 Å². The first-order chi connectivity index (χ1) is 2.56. The summed E-state index contributed by atoms with van der Waals surface area (Å²) in [5.74, 6) is 0. The van der Waals surface area contributed by atoms with Gasteiger partial charge in [-0.15, -0.1) is 0 Å². The van der Waals surface area contributed by atoms with E-state index in [0.717, 1.165) is 0 Å². The van der Waals surface area contributed by atoms with Gasteiger partial charge in [0.25, 0.3) is 0 Å². The molecule has 0 spiro atoms. The summed E-state index contributed by atoms with van der Waals surface area (Å²) in [6, 6.07) is 1.43. The highest BCUT2D eigenvalue weighted by Crippen LogP contribution is 2.04. The quantitative estimate of drug-likeness (QED) is 0.359. The van der Waals surface area contributed by atoms with E-state index >= 15 is 0 Å². The molecule has 34 valence electrons. The molecule has 0 aliphatic heterocycles. The van der Waals surface area contributed by atoms with Gasteiger partial charge in [0.1, 0.15) is 6.07 Å². The molecular formula is C3H4ClNO. The van der Waals surface area contributed by atoms with Crippen molar-refractivity contribution >= 4 is 11.6 Å². The highest BCUT2D eigenvalue weighted by molar-refractivity contribution is 6.24. The van der Waals surface area contributed by atoms with Gasteiger partial charge in [0.05, 0.1) is 0 Å². The largest absolute Gasteiger partial charge is 0.364 e. The Morgan fingerprint density at radius 2 is 2.17 bits per heavy atom. The Labute approximate surface area is 41.0 Å². The van der Waals surface area contributed by atoms with Crippen molar-refractivity contribution in [1.29, 1.82) is 5.26 Å². The first kappa shape index (κ1) is 5.74. The molecule has 0 saturated heterocycles. The monoisotopic (exact) mass is 105 g/mol. The molecule has 0 aliphatic carbocycles. The van der Waals surface area contributed by atoms with Gasteiger partial charge in [-0.3, -0.25) is 0 Å². The van der Waals surface area contributed by atoms with Crippen LogP contribution in [0.1, 0.15) is 6.92 Å². The fourth-order valence-corrected chi connectivity index (χ4v) is 0. The number of alkyl halides is 1. The van der Waals surface area contributed by atoms with Crippen molar-refractivity contribution in [3.8, 4) is 6.07 Å². The molecule has 0 bridgehead atoms. The van der Waals surface area contributed by atoms with Crippen LogP contribution in [-0.2, 0) is 0 Å². The second kappa shape index (κ2) is 1.46. The first-order valence-electron chi connectivity index (χ1n) is 1.39. The summed E-state index contributed by atoms with van der Waals surface area (Å²) in [6.07, 6.45) is 0. The van der Waals surface area contributed by atoms with Crippen molar-refractivity contribution in [1.82, 2.24) is 0 Å². The van der Waals surface area contributed by atoms with Crippen LogP contribution in [0.2, 0.25) is 0 Å². The van der Waals surface area contributed by atoms with Crippen LogP contribution in [-0.4, -0.2) is 10.2 Å². The molecule has 0 aromatic carbocycles. The van der Waals surface area contributed by atoms with Crippen molar-refractivity contribution in [3.05, 3.63) is 0 Å². The molecule has 2 nitrogen and oxygen atoms in total. The van der Waals surface area contributed by atoms with Crippen molar-refractivity contribution in [2.75, 3.05) is 0 Å². The predicted octanol–water partition coefficient (Wildman–Crippen LogP) is 0.457. The van der Waals surface area contributed by atoms with Crippen LogP contribution < -0.4 is 0 Å². The smallest absolute Gasteiger partial charge is 0.223 e. The number of aliphatic hydroxyl groups is 1. The van der Waals surface area contributed by atoms with E-state index in [0.29, 0.717) is 0 Å². The number of hydrogen-bond donors (Lipinski definition) is 1. The highest BCUT2D eigenvalue weighted by atomic mass is 35.5. The van der Waals surface area contributed by atoms with Crippen LogP contribution in [0, 0.1) is 11.3 Å². The van der Waals surface area contributed by atoms with Crippen LogP contribution in [0.5, 0.6) is 0 Å². The molecule has 0 unspecified atom stereocenters. The summed E-state index contributed by atoms with van der Waals surface area (Å²) in [5, 5.41) is 14.3. The highest BCUT2D eigenvalue weighted by Gasteiger charge is 2.11. The Morgan fingerprint density at radius 1 is 2.00 bits per heavy atom. The lowest BCUT2D eigenvalue weighted by molar-refractivity contribution is 0.208. The van der Waals surface area contributed by atoms with Gasteiger partial charge < -0.3 is 5.11 Å². The number of nitriles is 1. The normalized spacial score (nSPS) is 18.3. The van der Waals surface area contributed by atoms with Crippen molar-refractivity contribution in [2.24, 2.45) is 0 Å². The Hall–Kier alpha value is -0.260. The number of hydrogen-bond acceptors (Lipinski definition) is 2. The first-order valence-corrected chi connectivity index (χ1v) is 1.76. The number of halogens is 1. The third-order valence-electron chi connectivity index (χ3n) is 0.204. The summed E-state index contributed by atoms with van der Waals surface area (Å²) >= 11 is 4.91. The molecule has 0 rings (SSSR count). The van der Waals surface area contributed by atoms with Crippen LogP contribution in [0.15, 0.2) is 0 Å². The van der Waals surface area contributed by atoms with E-state index in [1.807, 2.05) is 0 Å². The Bertz CT molecular complexity index is 77.8. The van der Waals surface area contributed by atoms with Gasteiger partial charge in [0, 0.05) is 0 Å². The molecular weight excluding hydrogens is 101 g/mol. The Balaban J connectivity index is 3.55. The second-order valence-electron chi connectivity index (χ2n) is 1.07. The fraction of sp³-hybridized carbons (Fsp3) is 0.667. The van der Waals surface area contributed by atoms with Crippen molar-refractivity contribution in [3.63, 3.8) is 0 Å². The average molecular weight is 106 g/mol. The lowest BCUT2D eigenvalue weighted by Gasteiger charge is -1.97. The standard InChI is InChI=1S/C3H4ClNO/c1-3(4,6)2-5/h6H,1H3/t3-/m1/s1. The molecule has 6 heavy (non-hydrogen) atoms. The van der Waals surface area contributed by atoms with Gasteiger partial charge in [-0.1, -0.05) is 11.6 Å². The van der Waals surface area contributed by atoms with Gasteiger partial charge in [-0.25, -0.2) is 0 Å². The Kier molecular flexibility index (Phi) is 1.40. The Morgan fingerprint density at radius 3 is 2.17 bits per heavy atom. The van der Waals surface area contributed by atoms with E-state index in [1.54, 1.807) is 0 Å². The maximum Gasteiger partial charge on any atom is 0.223 e. The lowest BCUT2D eigenvalue weighted by Crippen LogP contribution is -2.09. The maximum absolute atomic E-state index is 8.23. The van der Waals surface area contributed by atoms with Gasteiger partial charge in [0.15, 0.2) is 0 Å². The minimum absolute atomic E-state index is 1.20. The van der Waals surface area contributed by atoms with E-state index in [4.69, 9.17) is 22.0 Å². The van der Waals surface area contributed by atoms with Crippen molar-refractivity contribution < 1.29 is 5.11 Å². The zero-order chi connectivity index (χ0) is 5.21. The SMILES string of the molecule is C[C@](O)(Cl)C#N. The van der Waals surface area contributed by atoms with Gasteiger partial charge >= 0.3 is 0 Å². The van der Waals surface area contributed by atoms with Gasteiger partial charge in [0.2, 0.25) is 5.06 Å². The summed E-state index contributed by atoms with van der Waals surface area (Å²) in [6.45, 7) is 1.20. The fourth-order valence-electron chi connectivity index (χ4n) is 0. The summed E-state index contributed by atoms with van der Waals surface area (Å²) in [4.78, 5) is 0. The van der Waals surface area contributed by atoms with Crippen molar-refractivity contribution in [2.45, 2.75) is 12.0 Å². The minimum Gasteiger partial charge on any atom is -0.364 e. The van der Waals surface area contributed by atoms with Crippen LogP contribution in [0.3, 0.4) is 0 Å². The molecule has 3 heteroatoms. The van der Waals surface area contributed by atoms with Crippen LogP contribution in [0.4, 0.5) is 0 Å². The third kappa shape index (κ3) is 3.74. The van der Waals surface area contributed by atoms with E-state index in [9.17, 15) is 0 Å². The van der Waals surface area contributed by atoms with Crippen LogP contribution >= 0.6 is 11.6 Å². The zero-order valence-corrected chi connectivity index (χ0v) is 4.03. The van der Waals surface area contributed by atoms with Crippen LogP contribution in [0.25, 0.3) is 0 Å². The molecule has 0 aromatic rings. The molecule has 0 amide bonds. The van der Waals surface area contributed by atoms with E-state index < -0.39 is 5.06 Å². The zero-order valence-electron chi connectivity index (χ0n) is 3.27. The summed E-state index contributed by atoms with van der Waals surface area (Å²) in [7, 11) is 0. The predicted molar refractivity (Wildman–Crippen MR) is 22.1 cm³/mol. The number of nitrogens with zero attached hydrogens (tertiary/aromatic N) is 1. The summed E-state index contributed by atoms with van der Waals surface area (Å²) in [5.41, 5.74) is 0. The topological polar surface area (TPSA) is 44.0 Å². The lowest BCUT2D eigenvalue weighted by atomic mass is 10.5. The molecule has 1 atom stereocenters. The molecule has 0 heterocycles.